The minimum atomic E-state index is -0.284. The number of halogens is 1. The van der Waals surface area contributed by atoms with Gasteiger partial charge in [-0.3, -0.25) is 4.79 Å². The zero-order chi connectivity index (χ0) is 18.1. The number of hydrogen-bond donors (Lipinski definition) is 2. The molecule has 1 aliphatic carbocycles. The van der Waals surface area contributed by atoms with Crippen molar-refractivity contribution in [2.24, 2.45) is 0 Å². The highest BCUT2D eigenvalue weighted by molar-refractivity contribution is 7.21. The molecule has 0 spiro atoms. The maximum Gasteiger partial charge on any atom is 0.268 e. The van der Waals surface area contributed by atoms with Gasteiger partial charge < -0.3 is 11.1 Å². The lowest BCUT2D eigenvalue weighted by Crippen LogP contribution is -2.12. The summed E-state index contributed by atoms with van der Waals surface area (Å²) in [4.78, 5) is 22.8. The second-order valence-electron chi connectivity index (χ2n) is 6.50. The van der Waals surface area contributed by atoms with Crippen molar-refractivity contribution in [1.29, 1.82) is 0 Å². The fourth-order valence-corrected chi connectivity index (χ4v) is 4.50. The number of nitrogen functional groups attached to an aromatic ring is 1. The summed E-state index contributed by atoms with van der Waals surface area (Å²) in [5.41, 5.74) is 9.67. The first-order valence-corrected chi connectivity index (χ1v) is 9.95. The lowest BCUT2D eigenvalue weighted by atomic mass is 9.96. The van der Waals surface area contributed by atoms with Gasteiger partial charge in [-0.1, -0.05) is 24.4 Å². The third-order valence-corrected chi connectivity index (χ3v) is 6.13. The zero-order valence-corrected chi connectivity index (χ0v) is 15.8. The summed E-state index contributed by atoms with van der Waals surface area (Å²) < 4.78 is 0. The van der Waals surface area contributed by atoms with Crippen LogP contribution in [0.4, 0.5) is 11.4 Å². The average Bonchev–Trinajstić information content (AvgIpc) is 2.93. The molecule has 0 fully saturated rings. The molecular weight excluding hydrogens is 368 g/mol. The first kappa shape index (κ1) is 17.2. The van der Waals surface area contributed by atoms with E-state index in [-0.39, 0.29) is 11.1 Å². The van der Waals surface area contributed by atoms with Crippen LogP contribution >= 0.6 is 22.9 Å². The summed E-state index contributed by atoms with van der Waals surface area (Å²) in [5, 5.41) is 3.91. The van der Waals surface area contributed by atoms with Gasteiger partial charge in [0.25, 0.3) is 5.91 Å². The van der Waals surface area contributed by atoms with E-state index >= 15 is 0 Å². The van der Waals surface area contributed by atoms with E-state index in [0.717, 1.165) is 28.8 Å². The van der Waals surface area contributed by atoms with Gasteiger partial charge >= 0.3 is 0 Å². The highest BCUT2D eigenvalue weighted by Gasteiger charge is 2.20. The molecule has 134 valence electrons. The molecule has 3 N–H and O–H groups in total. The smallest absolute Gasteiger partial charge is 0.268 e. The van der Waals surface area contributed by atoms with Gasteiger partial charge in [0.05, 0.1) is 11.4 Å². The van der Waals surface area contributed by atoms with E-state index in [0.29, 0.717) is 16.3 Å². The maximum absolute atomic E-state index is 12.7. The number of rotatable bonds is 2. The van der Waals surface area contributed by atoms with Crippen molar-refractivity contribution in [1.82, 2.24) is 9.97 Å². The van der Waals surface area contributed by atoms with Gasteiger partial charge in [0.15, 0.2) is 5.15 Å². The third-order valence-electron chi connectivity index (χ3n) is 4.71. The summed E-state index contributed by atoms with van der Waals surface area (Å²) in [7, 11) is 0. The SMILES string of the molecule is Nc1c(C(=O)Nc2cccnc2Cl)sc2nc3c(cc12)CCCCCC3. The Kier molecular flexibility index (Phi) is 4.78. The molecule has 0 aromatic carbocycles. The van der Waals surface area contributed by atoms with Gasteiger partial charge in [0.2, 0.25) is 0 Å². The maximum atomic E-state index is 12.7. The largest absolute Gasteiger partial charge is 0.397 e. The van der Waals surface area contributed by atoms with E-state index in [9.17, 15) is 4.79 Å². The molecule has 3 aromatic heterocycles. The molecule has 0 bridgehead atoms. The molecule has 3 aromatic rings. The minimum absolute atomic E-state index is 0.252. The Hall–Kier alpha value is -2.18. The standard InChI is InChI=1S/C19H19ClN4OS/c20-17-14(8-5-9-22-17)23-18(25)16-15(21)12-10-11-6-3-1-2-4-7-13(11)24-19(12)26-16/h5,8-10H,1-4,6-7,21H2,(H,23,25). The topological polar surface area (TPSA) is 80.9 Å². The molecule has 0 atom stereocenters. The van der Waals surface area contributed by atoms with Crippen molar-refractivity contribution < 1.29 is 4.79 Å². The summed E-state index contributed by atoms with van der Waals surface area (Å²) in [6.45, 7) is 0. The number of carbonyl (C=O) groups excluding carboxylic acids is 1. The van der Waals surface area contributed by atoms with E-state index in [1.54, 1.807) is 18.3 Å². The number of thiophene rings is 1. The van der Waals surface area contributed by atoms with Gasteiger partial charge in [-0.2, -0.15) is 0 Å². The van der Waals surface area contributed by atoms with Gasteiger partial charge in [-0.15, -0.1) is 11.3 Å². The molecule has 7 heteroatoms. The van der Waals surface area contributed by atoms with E-state index in [1.807, 2.05) is 0 Å². The Labute approximate surface area is 160 Å². The lowest BCUT2D eigenvalue weighted by Gasteiger charge is -2.12. The van der Waals surface area contributed by atoms with Crippen LogP contribution in [0.3, 0.4) is 0 Å². The fraction of sp³-hybridized carbons (Fsp3) is 0.316. The molecule has 4 rings (SSSR count). The quantitative estimate of drug-likeness (QED) is 0.617. The van der Waals surface area contributed by atoms with Crippen molar-refractivity contribution in [3.05, 3.63) is 45.7 Å². The normalized spacial score (nSPS) is 14.5. The zero-order valence-electron chi connectivity index (χ0n) is 14.2. The van der Waals surface area contributed by atoms with Crippen LogP contribution in [0.1, 0.15) is 46.6 Å². The molecule has 0 aliphatic heterocycles. The lowest BCUT2D eigenvalue weighted by molar-refractivity contribution is 0.103. The van der Waals surface area contributed by atoms with E-state index in [4.69, 9.17) is 22.3 Å². The van der Waals surface area contributed by atoms with Gasteiger partial charge in [0, 0.05) is 17.3 Å². The van der Waals surface area contributed by atoms with Crippen LogP contribution in [0.2, 0.25) is 5.15 Å². The van der Waals surface area contributed by atoms with Crippen LogP contribution in [0.15, 0.2) is 24.4 Å². The van der Waals surface area contributed by atoms with Crippen molar-refractivity contribution in [3.8, 4) is 0 Å². The van der Waals surface area contributed by atoms with Crippen molar-refractivity contribution >= 4 is 50.4 Å². The van der Waals surface area contributed by atoms with Gasteiger partial charge in [-0.05, 0) is 49.4 Å². The van der Waals surface area contributed by atoms with Crippen LogP contribution in [-0.4, -0.2) is 15.9 Å². The number of carbonyl (C=O) groups is 1. The average molecular weight is 387 g/mol. The van der Waals surface area contributed by atoms with E-state index in [1.165, 1.54) is 42.6 Å². The van der Waals surface area contributed by atoms with Crippen LogP contribution in [-0.2, 0) is 12.8 Å². The van der Waals surface area contributed by atoms with Crippen molar-refractivity contribution in [3.63, 3.8) is 0 Å². The number of anilines is 2. The Balaban J connectivity index is 1.70. The number of nitrogens with one attached hydrogen (secondary N) is 1. The van der Waals surface area contributed by atoms with E-state index in [2.05, 4.69) is 16.4 Å². The molecular formula is C19H19ClN4OS. The molecule has 5 nitrogen and oxygen atoms in total. The van der Waals surface area contributed by atoms with Crippen LogP contribution in [0, 0.1) is 0 Å². The second kappa shape index (κ2) is 7.21. The van der Waals surface area contributed by atoms with Crippen LogP contribution in [0.5, 0.6) is 0 Å². The second-order valence-corrected chi connectivity index (χ2v) is 7.86. The number of fused-ring (bicyclic) bond motifs is 2. The molecule has 0 saturated carbocycles. The molecule has 0 radical (unpaired) electrons. The fourth-order valence-electron chi connectivity index (χ4n) is 3.34. The predicted molar refractivity (Wildman–Crippen MR) is 107 cm³/mol. The number of hydrogen-bond acceptors (Lipinski definition) is 5. The van der Waals surface area contributed by atoms with Crippen LogP contribution < -0.4 is 11.1 Å². The summed E-state index contributed by atoms with van der Waals surface area (Å²) in [6.07, 6.45) is 8.46. The van der Waals surface area contributed by atoms with Crippen molar-refractivity contribution in [2.75, 3.05) is 11.1 Å². The molecule has 1 amide bonds. The molecule has 3 heterocycles. The highest BCUT2D eigenvalue weighted by Crippen LogP contribution is 2.35. The molecule has 1 aliphatic rings. The predicted octanol–water partition coefficient (Wildman–Crippen LogP) is 4.84. The van der Waals surface area contributed by atoms with Crippen molar-refractivity contribution in [2.45, 2.75) is 38.5 Å². The molecule has 0 unspecified atom stereocenters. The first-order valence-electron chi connectivity index (χ1n) is 8.76. The monoisotopic (exact) mass is 386 g/mol. The summed E-state index contributed by atoms with van der Waals surface area (Å²) in [6, 6.07) is 5.56. The summed E-state index contributed by atoms with van der Waals surface area (Å²) in [5.74, 6) is -0.284. The van der Waals surface area contributed by atoms with E-state index < -0.39 is 0 Å². The Morgan fingerprint density at radius 3 is 2.85 bits per heavy atom. The number of aryl methyl sites for hydroxylation is 2. The first-order chi connectivity index (χ1) is 12.6. The van der Waals surface area contributed by atoms with Crippen LogP contribution in [0.25, 0.3) is 10.2 Å². The number of amides is 1. The Bertz CT molecular complexity index is 985. The Morgan fingerprint density at radius 1 is 1.23 bits per heavy atom. The molecule has 0 saturated heterocycles. The minimum Gasteiger partial charge on any atom is -0.397 e. The number of pyridine rings is 2. The molecule has 26 heavy (non-hydrogen) atoms. The summed E-state index contributed by atoms with van der Waals surface area (Å²) >= 11 is 7.36. The van der Waals surface area contributed by atoms with Gasteiger partial charge in [-0.25, -0.2) is 9.97 Å². The Morgan fingerprint density at radius 2 is 2.04 bits per heavy atom. The van der Waals surface area contributed by atoms with Gasteiger partial charge in [0.1, 0.15) is 9.71 Å². The number of nitrogens with two attached hydrogens (primary N) is 1. The number of aromatic nitrogens is 2. The highest BCUT2D eigenvalue weighted by atomic mass is 35.5. The number of nitrogens with zero attached hydrogens (tertiary/aromatic N) is 2. The third kappa shape index (κ3) is 3.27.